The van der Waals surface area contributed by atoms with Crippen LogP contribution in [0.25, 0.3) is 0 Å². The molecule has 0 unspecified atom stereocenters. The largest absolute Gasteiger partial charge is 0.481 e. The molecule has 1 fully saturated rings. The number of carboxylic acid groups (broad SMARTS) is 1. The molecule has 8 heteroatoms. The Balaban J connectivity index is 2.23. The van der Waals surface area contributed by atoms with Crippen molar-refractivity contribution in [3.05, 3.63) is 11.4 Å². The van der Waals surface area contributed by atoms with Gasteiger partial charge in [0.15, 0.2) is 0 Å². The van der Waals surface area contributed by atoms with Crippen molar-refractivity contribution in [1.82, 2.24) is 14.5 Å². The Morgan fingerprint density at radius 3 is 2.57 bits per heavy atom. The molecule has 0 radical (unpaired) electrons. The van der Waals surface area contributed by atoms with E-state index in [0.29, 0.717) is 11.4 Å². The normalized spacial score (nSPS) is 16.5. The van der Waals surface area contributed by atoms with Crippen molar-refractivity contribution in [2.45, 2.75) is 63.4 Å². The van der Waals surface area contributed by atoms with Gasteiger partial charge in [0, 0.05) is 6.04 Å². The Morgan fingerprint density at radius 2 is 2.00 bits per heavy atom. The summed E-state index contributed by atoms with van der Waals surface area (Å²) < 4.78 is 29.2. The van der Waals surface area contributed by atoms with Gasteiger partial charge in [-0.15, -0.1) is 0 Å². The summed E-state index contributed by atoms with van der Waals surface area (Å²) in [6.07, 6.45) is 3.73. The maximum absolute atomic E-state index is 12.5. The average Bonchev–Trinajstić information content (AvgIpc) is 2.94. The molecule has 1 aliphatic carbocycles. The number of nitrogens with zero attached hydrogens (tertiary/aromatic N) is 2. The third-order valence-electron chi connectivity index (χ3n) is 3.80. The minimum absolute atomic E-state index is 0.00355. The van der Waals surface area contributed by atoms with E-state index in [1.165, 1.54) is 4.68 Å². The molecule has 0 aromatic carbocycles. The van der Waals surface area contributed by atoms with E-state index in [9.17, 15) is 13.2 Å². The molecule has 21 heavy (non-hydrogen) atoms. The van der Waals surface area contributed by atoms with Gasteiger partial charge in [-0.05, 0) is 26.7 Å². The molecule has 0 saturated heterocycles. The Hall–Kier alpha value is -1.41. The molecular formula is C13H21N3O4S. The zero-order valence-electron chi connectivity index (χ0n) is 12.3. The van der Waals surface area contributed by atoms with Gasteiger partial charge < -0.3 is 5.11 Å². The van der Waals surface area contributed by atoms with Crippen molar-refractivity contribution in [2.75, 3.05) is 0 Å². The second kappa shape index (κ2) is 6.15. The maximum Gasteiger partial charge on any atom is 0.305 e. The number of nitrogens with one attached hydrogen (secondary N) is 1. The minimum Gasteiger partial charge on any atom is -0.481 e. The van der Waals surface area contributed by atoms with Crippen LogP contribution >= 0.6 is 0 Å². The average molecular weight is 315 g/mol. The lowest BCUT2D eigenvalue weighted by Gasteiger charge is -2.12. The summed E-state index contributed by atoms with van der Waals surface area (Å²) in [5.74, 6) is -0.934. The summed E-state index contributed by atoms with van der Waals surface area (Å²) in [5, 5.41) is 12.9. The van der Waals surface area contributed by atoms with Gasteiger partial charge >= 0.3 is 5.97 Å². The molecule has 118 valence electrons. The molecule has 1 heterocycles. The zero-order valence-corrected chi connectivity index (χ0v) is 13.1. The van der Waals surface area contributed by atoms with Crippen LogP contribution in [0.15, 0.2) is 4.90 Å². The van der Waals surface area contributed by atoms with E-state index in [4.69, 9.17) is 5.11 Å². The molecule has 0 bridgehead atoms. The van der Waals surface area contributed by atoms with E-state index in [0.717, 1.165) is 25.7 Å². The highest BCUT2D eigenvalue weighted by Gasteiger charge is 2.28. The summed E-state index contributed by atoms with van der Waals surface area (Å²) >= 11 is 0. The molecule has 2 N–H and O–H groups in total. The predicted molar refractivity (Wildman–Crippen MR) is 76.5 cm³/mol. The fraction of sp³-hybridized carbons (Fsp3) is 0.692. The molecule has 1 saturated carbocycles. The van der Waals surface area contributed by atoms with Crippen molar-refractivity contribution in [3.63, 3.8) is 0 Å². The van der Waals surface area contributed by atoms with Gasteiger partial charge in [-0.3, -0.25) is 9.48 Å². The van der Waals surface area contributed by atoms with Crippen molar-refractivity contribution in [1.29, 1.82) is 0 Å². The van der Waals surface area contributed by atoms with E-state index >= 15 is 0 Å². The lowest BCUT2D eigenvalue weighted by Crippen LogP contribution is -2.33. The number of hydrogen-bond acceptors (Lipinski definition) is 4. The highest BCUT2D eigenvalue weighted by atomic mass is 32.2. The topological polar surface area (TPSA) is 101 Å². The summed E-state index contributed by atoms with van der Waals surface area (Å²) in [6, 6.07) is -0.00355. The number of hydrogen-bond donors (Lipinski definition) is 2. The van der Waals surface area contributed by atoms with Gasteiger partial charge in [-0.25, -0.2) is 13.1 Å². The van der Waals surface area contributed by atoms with Gasteiger partial charge in [0.2, 0.25) is 10.0 Å². The molecule has 0 atom stereocenters. The molecule has 7 nitrogen and oxygen atoms in total. The summed E-state index contributed by atoms with van der Waals surface area (Å²) in [7, 11) is -3.60. The van der Waals surface area contributed by atoms with Crippen molar-refractivity contribution >= 4 is 16.0 Å². The molecule has 0 aliphatic heterocycles. The van der Waals surface area contributed by atoms with E-state index in [1.807, 2.05) is 0 Å². The number of sulfonamides is 1. The van der Waals surface area contributed by atoms with E-state index < -0.39 is 16.0 Å². The number of aryl methyl sites for hydroxylation is 2. The smallest absolute Gasteiger partial charge is 0.305 e. The first-order valence-electron chi connectivity index (χ1n) is 7.09. The third-order valence-corrected chi connectivity index (χ3v) is 5.57. The first kappa shape index (κ1) is 16.0. The summed E-state index contributed by atoms with van der Waals surface area (Å²) in [5.41, 5.74) is 0.891. The SMILES string of the molecule is Cc1nn(CCC(=O)O)c(C)c1S(=O)(=O)NC1CCCC1. The van der Waals surface area contributed by atoms with Gasteiger partial charge in [0.05, 0.1) is 24.4 Å². The standard InChI is InChI=1S/C13H21N3O4S/c1-9-13(10(2)16(14-9)8-7-12(17)18)21(19,20)15-11-5-3-4-6-11/h11,15H,3-8H2,1-2H3,(H,17,18). The molecule has 0 spiro atoms. The second-order valence-corrected chi connectivity index (χ2v) is 7.12. The molecule has 2 rings (SSSR count). The fourth-order valence-corrected chi connectivity index (χ4v) is 4.53. The van der Waals surface area contributed by atoms with Crippen LogP contribution in [-0.4, -0.2) is 35.3 Å². The van der Waals surface area contributed by atoms with Gasteiger partial charge in [0.25, 0.3) is 0 Å². The molecule has 1 aromatic rings. The quantitative estimate of drug-likeness (QED) is 0.821. The summed E-state index contributed by atoms with van der Waals surface area (Å²) in [4.78, 5) is 10.8. The van der Waals surface area contributed by atoms with Crippen LogP contribution in [0.5, 0.6) is 0 Å². The number of aliphatic carboxylic acids is 1. The van der Waals surface area contributed by atoms with Gasteiger partial charge in [-0.1, -0.05) is 12.8 Å². The van der Waals surface area contributed by atoms with Gasteiger partial charge in [0.1, 0.15) is 4.90 Å². The highest BCUT2D eigenvalue weighted by Crippen LogP contribution is 2.23. The first-order chi connectivity index (χ1) is 9.81. The maximum atomic E-state index is 12.5. The zero-order chi connectivity index (χ0) is 15.6. The third kappa shape index (κ3) is 3.62. The summed E-state index contributed by atoms with van der Waals surface area (Å²) in [6.45, 7) is 3.46. The highest BCUT2D eigenvalue weighted by molar-refractivity contribution is 7.89. The lowest BCUT2D eigenvalue weighted by atomic mass is 10.3. The molecular weight excluding hydrogens is 294 g/mol. The minimum atomic E-state index is -3.60. The number of rotatable bonds is 6. The molecule has 1 aliphatic rings. The van der Waals surface area contributed by atoms with E-state index in [2.05, 4.69) is 9.82 Å². The van der Waals surface area contributed by atoms with Crippen LogP contribution in [0.3, 0.4) is 0 Å². The van der Waals surface area contributed by atoms with Crippen LogP contribution in [0.2, 0.25) is 0 Å². The Kier molecular flexibility index (Phi) is 4.67. The number of carboxylic acids is 1. The monoisotopic (exact) mass is 315 g/mol. The van der Waals surface area contributed by atoms with E-state index in [1.54, 1.807) is 13.8 Å². The van der Waals surface area contributed by atoms with Crippen LogP contribution in [0.4, 0.5) is 0 Å². The first-order valence-corrected chi connectivity index (χ1v) is 8.57. The van der Waals surface area contributed by atoms with Crippen molar-refractivity contribution in [3.8, 4) is 0 Å². The van der Waals surface area contributed by atoms with Gasteiger partial charge in [-0.2, -0.15) is 5.10 Å². The fourth-order valence-electron chi connectivity index (χ4n) is 2.81. The van der Waals surface area contributed by atoms with Crippen LogP contribution in [0, 0.1) is 13.8 Å². The van der Waals surface area contributed by atoms with Crippen LogP contribution in [0.1, 0.15) is 43.5 Å². The number of aromatic nitrogens is 2. The van der Waals surface area contributed by atoms with Crippen LogP contribution in [-0.2, 0) is 21.4 Å². The second-order valence-electron chi connectivity index (χ2n) is 5.47. The lowest BCUT2D eigenvalue weighted by molar-refractivity contribution is -0.137. The number of carbonyl (C=O) groups is 1. The Labute approximate surface area is 124 Å². The molecule has 1 aromatic heterocycles. The predicted octanol–water partition coefficient (Wildman–Crippen LogP) is 1.20. The van der Waals surface area contributed by atoms with Crippen molar-refractivity contribution < 1.29 is 18.3 Å². The van der Waals surface area contributed by atoms with Crippen molar-refractivity contribution in [2.24, 2.45) is 0 Å². The Bertz CT molecular complexity index is 630. The Morgan fingerprint density at radius 1 is 1.38 bits per heavy atom. The molecule has 0 amide bonds. The van der Waals surface area contributed by atoms with E-state index in [-0.39, 0.29) is 23.9 Å². The van der Waals surface area contributed by atoms with Crippen LogP contribution < -0.4 is 4.72 Å².